The van der Waals surface area contributed by atoms with Crippen molar-refractivity contribution in [2.24, 2.45) is 0 Å². The SMILES string of the molecule is CC.CC(=O)OC(c1ccccc1)c1ccccn1. The quantitative estimate of drug-likeness (QED) is 0.786. The number of rotatable bonds is 3. The summed E-state index contributed by atoms with van der Waals surface area (Å²) in [6.45, 7) is 5.40. The van der Waals surface area contributed by atoms with Crippen LogP contribution in [-0.2, 0) is 9.53 Å². The summed E-state index contributed by atoms with van der Waals surface area (Å²) in [7, 11) is 0. The van der Waals surface area contributed by atoms with Crippen molar-refractivity contribution in [1.29, 1.82) is 0 Å². The molecule has 1 aromatic heterocycles. The van der Waals surface area contributed by atoms with Crippen LogP contribution in [0, 0.1) is 0 Å². The van der Waals surface area contributed by atoms with Gasteiger partial charge in [-0.15, -0.1) is 0 Å². The third-order valence-corrected chi connectivity index (χ3v) is 2.34. The number of hydrogen-bond acceptors (Lipinski definition) is 3. The molecule has 3 heteroatoms. The second-order valence-corrected chi connectivity index (χ2v) is 3.65. The molecule has 0 aliphatic rings. The molecule has 0 spiro atoms. The second-order valence-electron chi connectivity index (χ2n) is 3.65. The molecule has 0 saturated heterocycles. The van der Waals surface area contributed by atoms with E-state index in [2.05, 4.69) is 4.98 Å². The molecule has 1 heterocycles. The average molecular weight is 257 g/mol. The van der Waals surface area contributed by atoms with Crippen LogP contribution in [0.4, 0.5) is 0 Å². The van der Waals surface area contributed by atoms with Crippen LogP contribution in [0.2, 0.25) is 0 Å². The molecule has 2 aromatic rings. The zero-order chi connectivity index (χ0) is 14.1. The summed E-state index contributed by atoms with van der Waals surface area (Å²) in [5, 5.41) is 0. The summed E-state index contributed by atoms with van der Waals surface area (Å²) < 4.78 is 5.32. The first-order chi connectivity index (χ1) is 9.27. The van der Waals surface area contributed by atoms with Gasteiger partial charge < -0.3 is 4.74 Å². The highest BCUT2D eigenvalue weighted by Gasteiger charge is 2.17. The van der Waals surface area contributed by atoms with Crippen LogP contribution in [0.1, 0.15) is 38.1 Å². The van der Waals surface area contributed by atoms with Gasteiger partial charge in [-0.05, 0) is 17.7 Å². The van der Waals surface area contributed by atoms with Crippen molar-refractivity contribution < 1.29 is 9.53 Å². The van der Waals surface area contributed by atoms with Crippen LogP contribution >= 0.6 is 0 Å². The zero-order valence-corrected chi connectivity index (χ0v) is 11.5. The average Bonchev–Trinajstić information content (AvgIpc) is 2.48. The van der Waals surface area contributed by atoms with Crippen molar-refractivity contribution >= 4 is 5.97 Å². The largest absolute Gasteiger partial charge is 0.451 e. The van der Waals surface area contributed by atoms with Gasteiger partial charge in [-0.2, -0.15) is 0 Å². The number of ether oxygens (including phenoxy) is 1. The Labute approximate surface area is 114 Å². The van der Waals surface area contributed by atoms with E-state index in [1.807, 2.05) is 62.4 Å². The molecule has 19 heavy (non-hydrogen) atoms. The highest BCUT2D eigenvalue weighted by molar-refractivity contribution is 5.66. The fourth-order valence-corrected chi connectivity index (χ4v) is 1.62. The van der Waals surface area contributed by atoms with Gasteiger partial charge in [0.05, 0.1) is 5.69 Å². The van der Waals surface area contributed by atoms with Crippen LogP contribution in [0.25, 0.3) is 0 Å². The standard InChI is InChI=1S/C14H13NO2.C2H6/c1-11(16)17-14(12-7-3-2-4-8-12)13-9-5-6-10-15-13;1-2/h2-10,14H,1H3;1-2H3. The Morgan fingerprint density at radius 3 is 2.21 bits per heavy atom. The Morgan fingerprint density at radius 1 is 1.05 bits per heavy atom. The molecule has 0 radical (unpaired) electrons. The predicted octanol–water partition coefficient (Wildman–Crippen LogP) is 3.76. The summed E-state index contributed by atoms with van der Waals surface area (Å²) in [6.07, 6.45) is 1.25. The maximum Gasteiger partial charge on any atom is 0.303 e. The fourth-order valence-electron chi connectivity index (χ4n) is 1.62. The lowest BCUT2D eigenvalue weighted by Gasteiger charge is -2.16. The number of pyridine rings is 1. The maximum atomic E-state index is 11.2. The number of aromatic nitrogens is 1. The summed E-state index contributed by atoms with van der Waals surface area (Å²) in [5.41, 5.74) is 1.65. The van der Waals surface area contributed by atoms with E-state index in [1.165, 1.54) is 6.92 Å². The highest BCUT2D eigenvalue weighted by Crippen LogP contribution is 2.23. The van der Waals surface area contributed by atoms with Crippen LogP contribution in [0.15, 0.2) is 54.7 Å². The normalized spacial score (nSPS) is 10.9. The number of benzene rings is 1. The van der Waals surface area contributed by atoms with Gasteiger partial charge in [0.1, 0.15) is 0 Å². The molecular formula is C16H19NO2. The Kier molecular flexibility index (Phi) is 6.30. The lowest BCUT2D eigenvalue weighted by atomic mass is 10.1. The summed E-state index contributed by atoms with van der Waals surface area (Å²) in [6, 6.07) is 15.1. The van der Waals surface area contributed by atoms with Crippen molar-refractivity contribution in [2.75, 3.05) is 0 Å². The maximum absolute atomic E-state index is 11.2. The molecule has 0 bridgehead atoms. The molecule has 100 valence electrons. The smallest absolute Gasteiger partial charge is 0.303 e. The first kappa shape index (κ1) is 14.9. The minimum Gasteiger partial charge on any atom is -0.451 e. The van der Waals surface area contributed by atoms with E-state index in [4.69, 9.17) is 4.74 Å². The van der Waals surface area contributed by atoms with E-state index in [0.29, 0.717) is 0 Å². The Hall–Kier alpha value is -2.16. The van der Waals surface area contributed by atoms with Crippen LogP contribution in [0.3, 0.4) is 0 Å². The van der Waals surface area contributed by atoms with Gasteiger partial charge in [0.25, 0.3) is 0 Å². The van der Waals surface area contributed by atoms with E-state index in [9.17, 15) is 4.79 Å². The predicted molar refractivity (Wildman–Crippen MR) is 75.6 cm³/mol. The zero-order valence-electron chi connectivity index (χ0n) is 11.5. The van der Waals surface area contributed by atoms with Gasteiger partial charge >= 0.3 is 5.97 Å². The lowest BCUT2D eigenvalue weighted by Crippen LogP contribution is -2.11. The molecule has 0 aliphatic carbocycles. The van der Waals surface area contributed by atoms with Crippen molar-refractivity contribution in [3.8, 4) is 0 Å². The lowest BCUT2D eigenvalue weighted by molar-refractivity contribution is -0.144. The minimum atomic E-state index is -0.435. The Morgan fingerprint density at radius 2 is 1.68 bits per heavy atom. The van der Waals surface area contributed by atoms with Crippen LogP contribution in [0.5, 0.6) is 0 Å². The Bertz CT molecular complexity index is 443. The number of esters is 1. The molecule has 0 aliphatic heterocycles. The van der Waals surface area contributed by atoms with E-state index in [1.54, 1.807) is 6.20 Å². The molecule has 3 nitrogen and oxygen atoms in total. The first-order valence-electron chi connectivity index (χ1n) is 6.40. The molecular weight excluding hydrogens is 238 g/mol. The molecule has 2 rings (SSSR count). The minimum absolute atomic E-state index is 0.315. The molecule has 1 aromatic carbocycles. The van der Waals surface area contributed by atoms with Gasteiger partial charge in [0.15, 0.2) is 6.10 Å². The van der Waals surface area contributed by atoms with Crippen LogP contribution < -0.4 is 0 Å². The van der Waals surface area contributed by atoms with Crippen molar-refractivity contribution in [3.63, 3.8) is 0 Å². The summed E-state index contributed by atoms with van der Waals surface area (Å²) >= 11 is 0. The fraction of sp³-hybridized carbons (Fsp3) is 0.250. The second kappa shape index (κ2) is 8.03. The first-order valence-corrected chi connectivity index (χ1v) is 6.40. The number of nitrogens with zero attached hydrogens (tertiary/aromatic N) is 1. The Balaban J connectivity index is 0.000000861. The third-order valence-electron chi connectivity index (χ3n) is 2.34. The topological polar surface area (TPSA) is 39.2 Å². The van der Waals surface area contributed by atoms with Gasteiger partial charge in [0.2, 0.25) is 0 Å². The van der Waals surface area contributed by atoms with E-state index >= 15 is 0 Å². The number of carbonyl (C=O) groups is 1. The molecule has 0 amide bonds. The van der Waals surface area contributed by atoms with Gasteiger partial charge in [0, 0.05) is 13.1 Å². The number of hydrogen-bond donors (Lipinski definition) is 0. The van der Waals surface area contributed by atoms with Gasteiger partial charge in [-0.3, -0.25) is 9.78 Å². The molecule has 0 N–H and O–H groups in total. The van der Waals surface area contributed by atoms with E-state index in [0.717, 1.165) is 11.3 Å². The van der Waals surface area contributed by atoms with Crippen molar-refractivity contribution in [3.05, 3.63) is 66.0 Å². The van der Waals surface area contributed by atoms with E-state index < -0.39 is 6.10 Å². The third kappa shape index (κ3) is 4.54. The summed E-state index contributed by atoms with van der Waals surface area (Å²) in [5.74, 6) is -0.315. The van der Waals surface area contributed by atoms with Crippen molar-refractivity contribution in [2.45, 2.75) is 26.9 Å². The van der Waals surface area contributed by atoms with Gasteiger partial charge in [-0.1, -0.05) is 50.2 Å². The monoisotopic (exact) mass is 257 g/mol. The van der Waals surface area contributed by atoms with Crippen molar-refractivity contribution in [1.82, 2.24) is 4.98 Å². The number of carbonyl (C=O) groups excluding carboxylic acids is 1. The molecule has 1 atom stereocenters. The van der Waals surface area contributed by atoms with E-state index in [-0.39, 0.29) is 5.97 Å². The molecule has 0 fully saturated rings. The van der Waals surface area contributed by atoms with Gasteiger partial charge in [-0.25, -0.2) is 0 Å². The molecule has 1 unspecified atom stereocenters. The molecule has 0 saturated carbocycles. The van der Waals surface area contributed by atoms with Crippen LogP contribution in [-0.4, -0.2) is 11.0 Å². The highest BCUT2D eigenvalue weighted by atomic mass is 16.5. The summed E-state index contributed by atoms with van der Waals surface area (Å²) in [4.78, 5) is 15.4.